The molecule has 1 aromatic rings. The lowest BCUT2D eigenvalue weighted by molar-refractivity contribution is -0.138. The molecule has 1 unspecified atom stereocenters. The van der Waals surface area contributed by atoms with Crippen LogP contribution in [0, 0.1) is 11.3 Å². The van der Waals surface area contributed by atoms with Crippen molar-refractivity contribution in [2.24, 2.45) is 11.3 Å². The number of benzene rings is 1. The number of carbonyl (C=O) groups excluding carboxylic acids is 1. The van der Waals surface area contributed by atoms with Gasteiger partial charge < -0.3 is 14.7 Å². The van der Waals surface area contributed by atoms with Crippen molar-refractivity contribution in [1.82, 2.24) is 4.90 Å². The van der Waals surface area contributed by atoms with Gasteiger partial charge in [-0.15, -0.1) is 0 Å². The molecule has 21 heavy (non-hydrogen) atoms. The molecule has 112 valence electrons. The van der Waals surface area contributed by atoms with Crippen molar-refractivity contribution >= 4 is 12.1 Å². The van der Waals surface area contributed by atoms with Gasteiger partial charge in [0, 0.05) is 13.1 Å². The second-order valence-corrected chi connectivity index (χ2v) is 6.08. The number of carbonyl (C=O) groups is 2. The Morgan fingerprint density at radius 1 is 1.29 bits per heavy atom. The number of carboxylic acid groups (broad SMARTS) is 1. The summed E-state index contributed by atoms with van der Waals surface area (Å²) >= 11 is 0. The summed E-state index contributed by atoms with van der Waals surface area (Å²) < 4.78 is 5.33. The zero-order valence-corrected chi connectivity index (χ0v) is 11.8. The van der Waals surface area contributed by atoms with E-state index in [0.717, 1.165) is 18.4 Å². The van der Waals surface area contributed by atoms with Gasteiger partial charge in [-0.05, 0) is 29.7 Å². The summed E-state index contributed by atoms with van der Waals surface area (Å²) in [5, 5.41) is 8.98. The van der Waals surface area contributed by atoms with E-state index in [2.05, 4.69) is 0 Å². The largest absolute Gasteiger partial charge is 0.481 e. The molecule has 1 heterocycles. The number of aliphatic carboxylic acids is 1. The van der Waals surface area contributed by atoms with Crippen LogP contribution >= 0.6 is 0 Å². The smallest absolute Gasteiger partial charge is 0.410 e. The lowest BCUT2D eigenvalue weighted by Crippen LogP contribution is -2.29. The van der Waals surface area contributed by atoms with Crippen molar-refractivity contribution < 1.29 is 19.4 Å². The van der Waals surface area contributed by atoms with E-state index >= 15 is 0 Å². The number of nitrogens with zero attached hydrogens (tertiary/aromatic N) is 1. The highest BCUT2D eigenvalue weighted by molar-refractivity contribution is 5.70. The second-order valence-electron chi connectivity index (χ2n) is 6.08. The number of carboxylic acids is 1. The molecular formula is C16H19NO4. The predicted molar refractivity (Wildman–Crippen MR) is 75.6 cm³/mol. The van der Waals surface area contributed by atoms with Gasteiger partial charge in [-0.3, -0.25) is 4.79 Å². The summed E-state index contributed by atoms with van der Waals surface area (Å²) in [5.41, 5.74) is 0.998. The molecule has 5 nitrogen and oxygen atoms in total. The van der Waals surface area contributed by atoms with Crippen LogP contribution in [-0.4, -0.2) is 35.2 Å². The first kappa shape index (κ1) is 13.9. The summed E-state index contributed by atoms with van der Waals surface area (Å²) in [6.07, 6.45) is 1.85. The van der Waals surface area contributed by atoms with Crippen LogP contribution in [0.4, 0.5) is 4.79 Å². The number of hydrogen-bond acceptors (Lipinski definition) is 3. The Hall–Kier alpha value is -2.04. The van der Waals surface area contributed by atoms with Crippen LogP contribution in [0.15, 0.2) is 30.3 Å². The van der Waals surface area contributed by atoms with Gasteiger partial charge in [-0.25, -0.2) is 4.79 Å². The number of rotatable bonds is 4. The molecule has 1 spiro atoms. The van der Waals surface area contributed by atoms with Crippen molar-refractivity contribution in [2.75, 3.05) is 13.1 Å². The zero-order valence-electron chi connectivity index (χ0n) is 11.8. The third-order valence-electron chi connectivity index (χ3n) is 4.59. The maximum atomic E-state index is 12.1. The van der Waals surface area contributed by atoms with Gasteiger partial charge >= 0.3 is 12.1 Å². The minimum Gasteiger partial charge on any atom is -0.481 e. The molecule has 1 aliphatic carbocycles. The Balaban J connectivity index is 1.55. The van der Waals surface area contributed by atoms with Crippen LogP contribution in [-0.2, 0) is 16.1 Å². The molecule has 3 rings (SSSR count). The van der Waals surface area contributed by atoms with Crippen LogP contribution in [0.1, 0.15) is 24.8 Å². The van der Waals surface area contributed by atoms with E-state index in [-0.39, 0.29) is 30.5 Å². The number of likely N-dealkylation sites (tertiary alicyclic amines) is 1. The number of hydrogen-bond donors (Lipinski definition) is 1. The summed E-state index contributed by atoms with van der Waals surface area (Å²) in [4.78, 5) is 24.7. The summed E-state index contributed by atoms with van der Waals surface area (Å²) in [5.74, 6) is -0.718. The van der Waals surface area contributed by atoms with Crippen LogP contribution in [0.5, 0.6) is 0 Å². The Morgan fingerprint density at radius 2 is 2.00 bits per heavy atom. The molecular weight excluding hydrogens is 270 g/mol. The Bertz CT molecular complexity index is 538. The number of amides is 1. The maximum absolute atomic E-state index is 12.1. The van der Waals surface area contributed by atoms with Crippen molar-refractivity contribution in [2.45, 2.75) is 25.9 Å². The lowest BCUT2D eigenvalue weighted by Gasteiger charge is -2.16. The molecule has 0 bridgehead atoms. The van der Waals surface area contributed by atoms with E-state index in [1.54, 1.807) is 4.90 Å². The maximum Gasteiger partial charge on any atom is 0.410 e. The SMILES string of the molecule is O=C(O)CC1CN(C(=O)OCc2ccccc2)CC12CC2. The summed E-state index contributed by atoms with van der Waals surface area (Å²) in [7, 11) is 0. The highest BCUT2D eigenvalue weighted by atomic mass is 16.6. The van der Waals surface area contributed by atoms with Crippen LogP contribution in [0.3, 0.4) is 0 Å². The van der Waals surface area contributed by atoms with Gasteiger partial charge in [0.2, 0.25) is 0 Å². The van der Waals surface area contributed by atoms with Crippen molar-refractivity contribution in [1.29, 1.82) is 0 Å². The van der Waals surface area contributed by atoms with Crippen LogP contribution in [0.25, 0.3) is 0 Å². The highest BCUT2D eigenvalue weighted by Gasteiger charge is 2.56. The minimum atomic E-state index is -0.786. The molecule has 5 heteroatoms. The van der Waals surface area contributed by atoms with E-state index in [1.807, 2.05) is 30.3 Å². The first-order valence-electron chi connectivity index (χ1n) is 7.26. The molecule has 2 aliphatic rings. The molecule has 1 aromatic carbocycles. The van der Waals surface area contributed by atoms with Gasteiger partial charge in [0.15, 0.2) is 0 Å². The minimum absolute atomic E-state index is 0.0458. The summed E-state index contributed by atoms with van der Waals surface area (Å²) in [6, 6.07) is 9.54. The topological polar surface area (TPSA) is 66.8 Å². The molecule has 1 N–H and O–H groups in total. The van der Waals surface area contributed by atoms with Gasteiger partial charge in [0.25, 0.3) is 0 Å². The summed E-state index contributed by atoms with van der Waals surface area (Å²) in [6.45, 7) is 1.39. The fourth-order valence-corrected chi connectivity index (χ4v) is 3.20. The molecule has 1 aliphatic heterocycles. The highest BCUT2D eigenvalue weighted by Crippen LogP contribution is 2.57. The molecule has 1 saturated carbocycles. The molecule has 2 fully saturated rings. The van der Waals surface area contributed by atoms with Gasteiger partial charge in [0.05, 0.1) is 6.42 Å². The van der Waals surface area contributed by atoms with E-state index in [9.17, 15) is 9.59 Å². The molecule has 0 aromatic heterocycles. The lowest BCUT2D eigenvalue weighted by atomic mass is 9.90. The monoisotopic (exact) mass is 289 g/mol. The predicted octanol–water partition coefficient (Wildman–Crippen LogP) is 2.51. The second kappa shape index (κ2) is 5.39. The van der Waals surface area contributed by atoms with Gasteiger partial charge in [-0.1, -0.05) is 30.3 Å². The molecule has 1 saturated heterocycles. The Morgan fingerprint density at radius 3 is 2.62 bits per heavy atom. The average Bonchev–Trinajstić information content (AvgIpc) is 3.16. The zero-order chi connectivity index (χ0) is 14.9. The normalized spacial score (nSPS) is 22.3. The quantitative estimate of drug-likeness (QED) is 0.925. The standard InChI is InChI=1S/C16H19NO4/c18-14(19)8-13-9-17(11-16(13)6-7-16)15(20)21-10-12-4-2-1-3-5-12/h1-5,13H,6-11H2,(H,18,19). The van der Waals surface area contributed by atoms with Gasteiger partial charge in [0.1, 0.15) is 6.61 Å². The first-order chi connectivity index (χ1) is 10.1. The third-order valence-corrected chi connectivity index (χ3v) is 4.59. The third kappa shape index (κ3) is 3.01. The Labute approximate surface area is 123 Å². The van der Waals surface area contributed by atoms with E-state index in [0.29, 0.717) is 13.1 Å². The number of ether oxygens (including phenoxy) is 1. The van der Waals surface area contributed by atoms with Crippen LogP contribution in [0.2, 0.25) is 0 Å². The molecule has 0 radical (unpaired) electrons. The van der Waals surface area contributed by atoms with Crippen LogP contribution < -0.4 is 0 Å². The van der Waals surface area contributed by atoms with Crippen molar-refractivity contribution in [3.05, 3.63) is 35.9 Å². The van der Waals surface area contributed by atoms with E-state index in [1.165, 1.54) is 0 Å². The first-order valence-corrected chi connectivity index (χ1v) is 7.26. The van der Waals surface area contributed by atoms with E-state index < -0.39 is 5.97 Å². The Kier molecular flexibility index (Phi) is 3.57. The molecule has 1 atom stereocenters. The van der Waals surface area contributed by atoms with Gasteiger partial charge in [-0.2, -0.15) is 0 Å². The van der Waals surface area contributed by atoms with Crippen molar-refractivity contribution in [3.8, 4) is 0 Å². The fraction of sp³-hybridized carbons (Fsp3) is 0.500. The van der Waals surface area contributed by atoms with E-state index in [4.69, 9.17) is 9.84 Å². The molecule has 1 amide bonds. The fourth-order valence-electron chi connectivity index (χ4n) is 3.20. The average molecular weight is 289 g/mol. The van der Waals surface area contributed by atoms with Crippen molar-refractivity contribution in [3.63, 3.8) is 0 Å².